The van der Waals surface area contributed by atoms with Crippen LogP contribution in [0.25, 0.3) is 0 Å². The van der Waals surface area contributed by atoms with Crippen molar-refractivity contribution in [1.29, 1.82) is 5.41 Å². The highest BCUT2D eigenvalue weighted by Gasteiger charge is 2.38. The number of imidazole rings is 1. The lowest BCUT2D eigenvalue weighted by Crippen LogP contribution is -2.53. The van der Waals surface area contributed by atoms with E-state index in [2.05, 4.69) is 9.88 Å². The number of aromatic nitrogens is 2. The average molecular weight is 237 g/mol. The molecule has 0 atom stereocenters. The third-order valence-corrected chi connectivity index (χ3v) is 3.53. The third kappa shape index (κ3) is 2.00. The molecular weight excluding hydrogens is 218 g/mol. The lowest BCUT2D eigenvalue weighted by molar-refractivity contribution is 0.0277. The van der Waals surface area contributed by atoms with Crippen LogP contribution in [-0.2, 0) is 11.8 Å². The Kier molecular flexibility index (Phi) is 3.06. The minimum absolute atomic E-state index is 0.125. The molecule has 0 radical (unpaired) electrons. The van der Waals surface area contributed by atoms with Gasteiger partial charge in [0.05, 0.1) is 0 Å². The molecule has 0 spiro atoms. The van der Waals surface area contributed by atoms with Crippen molar-refractivity contribution in [2.24, 2.45) is 12.8 Å². The number of methoxy groups -OCH3 is 1. The van der Waals surface area contributed by atoms with E-state index in [4.69, 9.17) is 15.9 Å². The zero-order valence-corrected chi connectivity index (χ0v) is 10.3. The maximum atomic E-state index is 7.63. The second-order valence-electron chi connectivity index (χ2n) is 4.44. The molecule has 0 bridgehead atoms. The molecule has 6 nitrogen and oxygen atoms in total. The Bertz CT molecular complexity index is 406. The monoisotopic (exact) mass is 237 g/mol. The van der Waals surface area contributed by atoms with Gasteiger partial charge in [0.25, 0.3) is 0 Å². The van der Waals surface area contributed by atoms with Crippen molar-refractivity contribution in [3.05, 3.63) is 12.4 Å². The van der Waals surface area contributed by atoms with Gasteiger partial charge in [0.1, 0.15) is 11.4 Å². The number of nitrogens with one attached hydrogen (secondary N) is 1. The van der Waals surface area contributed by atoms with Crippen LogP contribution in [0.3, 0.4) is 0 Å². The maximum Gasteiger partial charge on any atom is 0.205 e. The topological polar surface area (TPSA) is 80.2 Å². The summed E-state index contributed by atoms with van der Waals surface area (Å²) >= 11 is 0. The molecule has 17 heavy (non-hydrogen) atoms. The highest BCUT2D eigenvalue weighted by molar-refractivity contribution is 5.86. The van der Waals surface area contributed by atoms with E-state index in [9.17, 15) is 0 Å². The summed E-state index contributed by atoms with van der Waals surface area (Å²) in [4.78, 5) is 6.52. The summed E-state index contributed by atoms with van der Waals surface area (Å²) in [7, 11) is 3.60. The summed E-state index contributed by atoms with van der Waals surface area (Å²) < 4.78 is 7.43. The quantitative estimate of drug-likeness (QED) is 0.587. The molecule has 0 aliphatic carbocycles. The molecule has 6 heteroatoms. The lowest BCUT2D eigenvalue weighted by atomic mass is 9.90. The van der Waals surface area contributed by atoms with Crippen LogP contribution >= 0.6 is 0 Å². The number of anilines is 1. The number of amidine groups is 1. The summed E-state index contributed by atoms with van der Waals surface area (Å²) in [5.74, 6) is 1.08. The molecule has 1 aliphatic heterocycles. The van der Waals surface area contributed by atoms with Crippen LogP contribution in [-0.4, -0.2) is 41.2 Å². The average Bonchev–Trinajstić information content (AvgIpc) is 2.75. The van der Waals surface area contributed by atoms with Gasteiger partial charge in [-0.3, -0.25) is 5.41 Å². The van der Waals surface area contributed by atoms with Gasteiger partial charge in [-0.1, -0.05) is 0 Å². The van der Waals surface area contributed by atoms with Gasteiger partial charge in [-0.15, -0.1) is 0 Å². The molecule has 1 fully saturated rings. The Labute approximate surface area is 101 Å². The highest BCUT2D eigenvalue weighted by Crippen LogP contribution is 2.27. The molecule has 0 saturated carbocycles. The van der Waals surface area contributed by atoms with Crippen LogP contribution in [0.2, 0.25) is 0 Å². The lowest BCUT2D eigenvalue weighted by Gasteiger charge is -2.40. The van der Waals surface area contributed by atoms with Crippen molar-refractivity contribution in [1.82, 2.24) is 9.55 Å². The molecule has 2 rings (SSSR count). The van der Waals surface area contributed by atoms with Crippen LogP contribution in [0.15, 0.2) is 12.4 Å². The maximum absolute atomic E-state index is 7.63. The number of rotatable bonds is 3. The number of ether oxygens (including phenoxy) is 1. The van der Waals surface area contributed by atoms with Crippen LogP contribution < -0.4 is 10.6 Å². The Morgan fingerprint density at radius 2 is 2.18 bits per heavy atom. The van der Waals surface area contributed by atoms with Crippen molar-refractivity contribution >= 4 is 11.8 Å². The van der Waals surface area contributed by atoms with Crippen molar-refractivity contribution in [3.8, 4) is 0 Å². The first-order chi connectivity index (χ1) is 8.09. The Morgan fingerprint density at radius 1 is 1.53 bits per heavy atom. The van der Waals surface area contributed by atoms with Gasteiger partial charge < -0.3 is 19.9 Å². The molecule has 1 aromatic rings. The second-order valence-corrected chi connectivity index (χ2v) is 4.44. The normalized spacial score (nSPS) is 19.3. The SMILES string of the molecule is COC1(C(=N)N)CCN(c2nccn2C)CC1. The summed E-state index contributed by atoms with van der Waals surface area (Å²) in [5, 5.41) is 7.63. The second kappa shape index (κ2) is 4.37. The van der Waals surface area contributed by atoms with E-state index in [0.717, 1.165) is 31.9 Å². The largest absolute Gasteiger partial charge is 0.385 e. The summed E-state index contributed by atoms with van der Waals surface area (Å²) in [5.41, 5.74) is 5.04. The fourth-order valence-corrected chi connectivity index (χ4v) is 2.31. The molecule has 0 aromatic carbocycles. The minimum atomic E-state index is -0.582. The van der Waals surface area contributed by atoms with E-state index in [1.807, 2.05) is 17.8 Å². The number of nitrogens with two attached hydrogens (primary N) is 1. The van der Waals surface area contributed by atoms with Gasteiger partial charge in [-0.25, -0.2) is 4.98 Å². The van der Waals surface area contributed by atoms with Crippen LogP contribution in [0.1, 0.15) is 12.8 Å². The summed E-state index contributed by atoms with van der Waals surface area (Å²) in [6.45, 7) is 1.61. The molecule has 1 aliphatic rings. The van der Waals surface area contributed by atoms with Crippen molar-refractivity contribution in [2.45, 2.75) is 18.4 Å². The molecule has 2 heterocycles. The molecule has 1 saturated heterocycles. The van der Waals surface area contributed by atoms with Gasteiger partial charge in [-0.05, 0) is 0 Å². The molecular formula is C11H19N5O. The summed E-state index contributed by atoms with van der Waals surface area (Å²) in [6, 6.07) is 0. The molecule has 1 aromatic heterocycles. The first-order valence-electron chi connectivity index (χ1n) is 5.71. The number of aryl methyl sites for hydroxylation is 1. The number of piperidine rings is 1. The van der Waals surface area contributed by atoms with Crippen LogP contribution in [0.5, 0.6) is 0 Å². The van der Waals surface area contributed by atoms with Gasteiger partial charge in [0.15, 0.2) is 0 Å². The zero-order chi connectivity index (χ0) is 12.5. The van der Waals surface area contributed by atoms with E-state index >= 15 is 0 Å². The third-order valence-electron chi connectivity index (χ3n) is 3.53. The van der Waals surface area contributed by atoms with E-state index in [1.54, 1.807) is 13.3 Å². The number of nitrogens with zero attached hydrogens (tertiary/aromatic N) is 3. The first-order valence-corrected chi connectivity index (χ1v) is 5.71. The van der Waals surface area contributed by atoms with E-state index in [0.29, 0.717) is 0 Å². The molecule has 0 amide bonds. The number of hydrogen-bond donors (Lipinski definition) is 2. The minimum Gasteiger partial charge on any atom is -0.385 e. The first kappa shape index (κ1) is 11.9. The Balaban J connectivity index is 2.08. The number of hydrogen-bond acceptors (Lipinski definition) is 4. The fraction of sp³-hybridized carbons (Fsp3) is 0.636. The van der Waals surface area contributed by atoms with Crippen LogP contribution in [0, 0.1) is 5.41 Å². The van der Waals surface area contributed by atoms with Gasteiger partial charge in [0, 0.05) is 52.5 Å². The van der Waals surface area contributed by atoms with Crippen LogP contribution in [0.4, 0.5) is 5.95 Å². The predicted molar refractivity (Wildman–Crippen MR) is 66.3 cm³/mol. The molecule has 94 valence electrons. The van der Waals surface area contributed by atoms with Crippen molar-refractivity contribution in [3.63, 3.8) is 0 Å². The Morgan fingerprint density at radius 3 is 2.59 bits per heavy atom. The van der Waals surface area contributed by atoms with Gasteiger partial charge in [-0.2, -0.15) is 0 Å². The zero-order valence-electron chi connectivity index (χ0n) is 10.3. The van der Waals surface area contributed by atoms with Gasteiger partial charge in [0.2, 0.25) is 5.95 Å². The smallest absolute Gasteiger partial charge is 0.205 e. The van der Waals surface area contributed by atoms with Crippen molar-refractivity contribution < 1.29 is 4.74 Å². The predicted octanol–water partition coefficient (Wildman–Crippen LogP) is 0.341. The summed E-state index contributed by atoms with van der Waals surface area (Å²) in [6.07, 6.45) is 5.17. The highest BCUT2D eigenvalue weighted by atomic mass is 16.5. The standard InChI is InChI=1S/C11H19N5O/c1-15-8-5-14-10(15)16-6-3-11(17-2,4-7-16)9(12)13/h5,8H,3-4,6-7H2,1-2H3,(H3,12,13). The van der Waals surface area contributed by atoms with E-state index < -0.39 is 5.60 Å². The van der Waals surface area contributed by atoms with E-state index in [-0.39, 0.29) is 5.84 Å². The Hall–Kier alpha value is -1.56. The fourth-order valence-electron chi connectivity index (χ4n) is 2.31. The van der Waals surface area contributed by atoms with Gasteiger partial charge >= 0.3 is 0 Å². The van der Waals surface area contributed by atoms with E-state index in [1.165, 1.54) is 0 Å². The molecule has 0 unspecified atom stereocenters. The van der Waals surface area contributed by atoms with Crippen molar-refractivity contribution in [2.75, 3.05) is 25.1 Å². The molecule has 3 N–H and O–H groups in total.